The van der Waals surface area contributed by atoms with Crippen LogP contribution in [0.1, 0.15) is 35.3 Å². The van der Waals surface area contributed by atoms with Gasteiger partial charge in [0.2, 0.25) is 0 Å². The van der Waals surface area contributed by atoms with Crippen molar-refractivity contribution in [1.29, 1.82) is 0 Å². The van der Waals surface area contributed by atoms with Crippen LogP contribution in [0.15, 0.2) is 12.1 Å². The zero-order chi connectivity index (χ0) is 18.8. The molecule has 0 aliphatic heterocycles. The van der Waals surface area contributed by atoms with Crippen molar-refractivity contribution in [3.8, 4) is 21.9 Å². The van der Waals surface area contributed by atoms with Crippen molar-refractivity contribution in [2.24, 2.45) is 11.5 Å². The number of carbonyl (C=O) groups excluding carboxylic acids is 2. The Labute approximate surface area is 155 Å². The van der Waals surface area contributed by atoms with E-state index in [1.807, 2.05) is 26.0 Å². The van der Waals surface area contributed by atoms with E-state index >= 15 is 0 Å². The summed E-state index contributed by atoms with van der Waals surface area (Å²) in [5.41, 5.74) is 13.9. The van der Waals surface area contributed by atoms with Gasteiger partial charge in [-0.3, -0.25) is 10.1 Å². The van der Waals surface area contributed by atoms with Gasteiger partial charge < -0.3 is 20.9 Å². The third kappa shape index (κ3) is 3.08. The summed E-state index contributed by atoms with van der Waals surface area (Å²) in [6.45, 7) is 4.91. The molecule has 0 radical (unpaired) electrons. The molecule has 1 aromatic carbocycles. The molecule has 5 N–H and O–H groups in total. The topological polar surface area (TPSA) is 117 Å². The number of carbonyl (C=O) groups is 2. The van der Waals surface area contributed by atoms with Gasteiger partial charge in [-0.2, -0.15) is 0 Å². The fraction of sp³-hybridized carbons (Fsp3) is 0.333. The summed E-state index contributed by atoms with van der Waals surface area (Å²) in [5, 5.41) is 2.89. The maximum Gasteiger partial charge on any atom is 0.317 e. The van der Waals surface area contributed by atoms with E-state index in [1.165, 1.54) is 11.3 Å². The summed E-state index contributed by atoms with van der Waals surface area (Å²) < 4.78 is 11.6. The van der Waals surface area contributed by atoms with Crippen molar-refractivity contribution in [3.63, 3.8) is 0 Å². The second kappa shape index (κ2) is 7.25. The summed E-state index contributed by atoms with van der Waals surface area (Å²) in [5.74, 6) is 0.929. The lowest BCUT2D eigenvalue weighted by molar-refractivity contribution is 0.100. The largest absolute Gasteiger partial charge is 0.494 e. The van der Waals surface area contributed by atoms with Gasteiger partial charge in [0.1, 0.15) is 16.5 Å². The zero-order valence-electron chi connectivity index (χ0n) is 14.7. The maximum absolute atomic E-state index is 12.0. The minimum atomic E-state index is -0.737. The van der Waals surface area contributed by atoms with E-state index in [4.69, 9.17) is 20.9 Å². The van der Waals surface area contributed by atoms with Crippen molar-refractivity contribution in [1.82, 2.24) is 0 Å². The van der Waals surface area contributed by atoms with Crippen LogP contribution in [0.3, 0.4) is 0 Å². The molecule has 0 bridgehead atoms. The van der Waals surface area contributed by atoms with Gasteiger partial charge in [-0.25, -0.2) is 4.79 Å². The van der Waals surface area contributed by atoms with Gasteiger partial charge in [0.25, 0.3) is 5.91 Å². The Morgan fingerprint density at radius 3 is 2.31 bits per heavy atom. The first-order chi connectivity index (χ1) is 12.5. The number of ether oxygens (including phenoxy) is 2. The molecular formula is C18H21N3O4S. The van der Waals surface area contributed by atoms with Crippen LogP contribution in [-0.2, 0) is 12.8 Å². The summed E-state index contributed by atoms with van der Waals surface area (Å²) in [6.07, 6.45) is 1.30. The molecule has 0 atom stereocenters. The Balaban J connectivity index is 2.25. The van der Waals surface area contributed by atoms with E-state index < -0.39 is 11.9 Å². The second-order valence-electron chi connectivity index (χ2n) is 5.75. The lowest BCUT2D eigenvalue weighted by Crippen LogP contribution is -2.22. The fourth-order valence-corrected chi connectivity index (χ4v) is 4.62. The number of benzene rings is 1. The Morgan fingerprint density at radius 1 is 1.08 bits per heavy atom. The number of anilines is 1. The van der Waals surface area contributed by atoms with Gasteiger partial charge in [0, 0.05) is 16.0 Å². The number of urea groups is 1. The van der Waals surface area contributed by atoms with Crippen molar-refractivity contribution in [2.75, 3.05) is 18.5 Å². The average molecular weight is 375 g/mol. The van der Waals surface area contributed by atoms with Gasteiger partial charge in [-0.15, -0.1) is 11.3 Å². The minimum Gasteiger partial charge on any atom is -0.494 e. The summed E-state index contributed by atoms with van der Waals surface area (Å²) in [4.78, 5) is 24.2. The quantitative estimate of drug-likeness (QED) is 0.719. The molecule has 7 nitrogen and oxygen atoms in total. The number of rotatable bonds is 6. The van der Waals surface area contributed by atoms with Crippen molar-refractivity contribution in [3.05, 3.63) is 28.8 Å². The number of hydrogen-bond acceptors (Lipinski definition) is 5. The summed E-state index contributed by atoms with van der Waals surface area (Å²) in [7, 11) is 0. The van der Waals surface area contributed by atoms with E-state index in [0.29, 0.717) is 36.6 Å². The van der Waals surface area contributed by atoms with Gasteiger partial charge in [0.15, 0.2) is 0 Å². The number of nitrogens with two attached hydrogens (primary N) is 2. The molecule has 0 saturated carbocycles. The number of hydrogen-bond donors (Lipinski definition) is 3. The highest BCUT2D eigenvalue weighted by atomic mass is 32.1. The zero-order valence-corrected chi connectivity index (χ0v) is 15.5. The molecule has 0 fully saturated rings. The molecule has 0 unspecified atom stereocenters. The molecule has 0 saturated heterocycles. The van der Waals surface area contributed by atoms with Crippen LogP contribution >= 0.6 is 11.3 Å². The average Bonchev–Trinajstić information content (AvgIpc) is 2.94. The molecule has 3 amide bonds. The lowest BCUT2D eigenvalue weighted by atomic mass is 9.88. The van der Waals surface area contributed by atoms with Crippen LogP contribution in [-0.4, -0.2) is 25.2 Å². The Hall–Kier alpha value is -2.74. The highest BCUT2D eigenvalue weighted by Gasteiger charge is 2.31. The van der Waals surface area contributed by atoms with Crippen LogP contribution < -0.4 is 26.3 Å². The van der Waals surface area contributed by atoms with E-state index in [1.54, 1.807) is 0 Å². The molecule has 3 rings (SSSR count). The van der Waals surface area contributed by atoms with Crippen LogP contribution in [0.5, 0.6) is 11.5 Å². The van der Waals surface area contributed by atoms with Gasteiger partial charge >= 0.3 is 6.03 Å². The normalized spacial score (nSPS) is 12.1. The van der Waals surface area contributed by atoms with Crippen LogP contribution in [0.2, 0.25) is 0 Å². The first-order valence-corrected chi connectivity index (χ1v) is 9.23. The number of nitrogens with one attached hydrogen (secondary N) is 1. The first kappa shape index (κ1) is 18.1. The van der Waals surface area contributed by atoms with Gasteiger partial charge in [-0.05, 0) is 44.4 Å². The van der Waals surface area contributed by atoms with Crippen LogP contribution in [0, 0.1) is 0 Å². The molecule has 26 heavy (non-hydrogen) atoms. The van der Waals surface area contributed by atoms with Crippen LogP contribution in [0.4, 0.5) is 9.80 Å². The predicted octanol–water partition coefficient (Wildman–Crippen LogP) is 2.90. The molecule has 1 aromatic heterocycles. The SMILES string of the molecule is CCOc1ccc(OCC)c2c1CCc1c-2sc(NC(N)=O)c1C(N)=O. The Bertz CT molecular complexity index is 876. The number of amides is 3. The molecule has 1 heterocycles. The van der Waals surface area contributed by atoms with Crippen molar-refractivity contribution >= 4 is 28.3 Å². The summed E-state index contributed by atoms with van der Waals surface area (Å²) in [6, 6.07) is 3.04. The standard InChI is InChI=1S/C18H21N3O4S/c1-3-24-11-7-8-12(25-4-2)13-9(11)5-6-10-14(16(19)22)17(21-18(20)23)26-15(10)13/h7-8H,3-6H2,1-2H3,(H2,19,22)(H3,20,21,23). The van der Waals surface area contributed by atoms with Crippen molar-refractivity contribution in [2.45, 2.75) is 26.7 Å². The minimum absolute atomic E-state index is 0.318. The monoisotopic (exact) mass is 375 g/mol. The third-order valence-corrected chi connectivity index (χ3v) is 5.34. The van der Waals surface area contributed by atoms with E-state index in [9.17, 15) is 9.59 Å². The lowest BCUT2D eigenvalue weighted by Gasteiger charge is -2.23. The number of primary amides is 2. The molecule has 1 aliphatic carbocycles. The van der Waals surface area contributed by atoms with Gasteiger partial charge in [0.05, 0.1) is 18.8 Å². The second-order valence-corrected chi connectivity index (χ2v) is 6.77. The molecule has 8 heteroatoms. The highest BCUT2D eigenvalue weighted by molar-refractivity contribution is 7.20. The van der Waals surface area contributed by atoms with E-state index in [-0.39, 0.29) is 0 Å². The smallest absolute Gasteiger partial charge is 0.317 e. The molecule has 0 spiro atoms. The van der Waals surface area contributed by atoms with E-state index in [0.717, 1.165) is 33.1 Å². The summed E-state index contributed by atoms with van der Waals surface area (Å²) >= 11 is 1.28. The van der Waals surface area contributed by atoms with E-state index in [2.05, 4.69) is 5.32 Å². The first-order valence-electron chi connectivity index (χ1n) is 8.41. The molecule has 2 aromatic rings. The van der Waals surface area contributed by atoms with Crippen molar-refractivity contribution < 1.29 is 19.1 Å². The number of thiophene rings is 1. The van der Waals surface area contributed by atoms with Gasteiger partial charge in [-0.1, -0.05) is 0 Å². The maximum atomic E-state index is 12.0. The highest BCUT2D eigenvalue weighted by Crippen LogP contribution is 2.50. The molecule has 1 aliphatic rings. The van der Waals surface area contributed by atoms with Crippen LogP contribution in [0.25, 0.3) is 10.4 Å². The molecule has 138 valence electrons. The third-order valence-electron chi connectivity index (χ3n) is 4.17. The Morgan fingerprint density at radius 2 is 1.69 bits per heavy atom. The Kier molecular flexibility index (Phi) is 5.03. The number of fused-ring (bicyclic) bond motifs is 3. The molecular weight excluding hydrogens is 354 g/mol. The predicted molar refractivity (Wildman–Crippen MR) is 101 cm³/mol. The fourth-order valence-electron chi connectivity index (χ4n) is 3.29.